The molecule has 3 rings (SSSR count). The zero-order chi connectivity index (χ0) is 14.3. The summed E-state index contributed by atoms with van der Waals surface area (Å²) in [7, 11) is 0. The number of hydrogen-bond donors (Lipinski definition) is 0. The van der Waals surface area contributed by atoms with E-state index in [2.05, 4.69) is 22.0 Å². The van der Waals surface area contributed by atoms with Gasteiger partial charge in [-0.25, -0.2) is 0 Å². The molecule has 0 aliphatic carbocycles. The van der Waals surface area contributed by atoms with Crippen LogP contribution < -0.4 is 4.74 Å². The molecule has 2 aromatic carbocycles. The number of halogens is 1. The van der Waals surface area contributed by atoms with E-state index >= 15 is 0 Å². The van der Waals surface area contributed by atoms with Crippen LogP contribution in [0.5, 0.6) is 5.75 Å². The maximum absolute atomic E-state index is 9.67. The highest BCUT2D eigenvalue weighted by molar-refractivity contribution is 9.10. The first-order valence-corrected chi connectivity index (χ1v) is 7.32. The number of aryl methyl sites for hydroxylation is 1. The van der Waals surface area contributed by atoms with Crippen molar-refractivity contribution in [3.05, 3.63) is 62.6 Å². The maximum Gasteiger partial charge on any atom is 0.125 e. The maximum atomic E-state index is 9.67. The summed E-state index contributed by atoms with van der Waals surface area (Å²) in [5.41, 5.74) is 5.33. The second kappa shape index (κ2) is 4.96. The molecular weight excluding hydrogens is 314 g/mol. The van der Waals surface area contributed by atoms with Gasteiger partial charge in [-0.3, -0.25) is 0 Å². The molecule has 1 aliphatic rings. The highest BCUT2D eigenvalue weighted by Crippen LogP contribution is 2.42. The number of ether oxygens (including phenoxy) is 1. The third-order valence-electron chi connectivity index (χ3n) is 3.86. The molecule has 0 saturated heterocycles. The molecule has 0 radical (unpaired) electrons. The second-order valence-corrected chi connectivity index (χ2v) is 5.89. The minimum atomic E-state index is -0.277. The van der Waals surface area contributed by atoms with Gasteiger partial charge in [0.25, 0.3) is 0 Å². The minimum Gasteiger partial charge on any atom is -0.489 e. The summed E-state index contributed by atoms with van der Waals surface area (Å²) in [5, 5.41) is 9.67. The van der Waals surface area contributed by atoms with Gasteiger partial charge in [0.2, 0.25) is 0 Å². The van der Waals surface area contributed by atoms with Gasteiger partial charge >= 0.3 is 0 Å². The lowest BCUT2D eigenvalue weighted by atomic mass is 9.86. The quantitative estimate of drug-likeness (QED) is 0.707. The molecule has 1 heterocycles. The van der Waals surface area contributed by atoms with Crippen LogP contribution in [0, 0.1) is 25.2 Å². The Morgan fingerprint density at radius 2 is 2.05 bits per heavy atom. The van der Waals surface area contributed by atoms with Gasteiger partial charge in [-0.1, -0.05) is 40.2 Å². The van der Waals surface area contributed by atoms with Gasteiger partial charge in [0.15, 0.2) is 0 Å². The fourth-order valence-electron chi connectivity index (χ4n) is 2.81. The van der Waals surface area contributed by atoms with Crippen LogP contribution in [0.25, 0.3) is 0 Å². The molecule has 20 heavy (non-hydrogen) atoms. The van der Waals surface area contributed by atoms with Gasteiger partial charge < -0.3 is 4.74 Å². The summed E-state index contributed by atoms with van der Waals surface area (Å²) in [6, 6.07) is 12.5. The van der Waals surface area contributed by atoms with E-state index in [0.29, 0.717) is 6.61 Å². The molecule has 100 valence electrons. The third kappa shape index (κ3) is 1.92. The summed E-state index contributed by atoms with van der Waals surface area (Å²) >= 11 is 3.62. The number of benzene rings is 2. The van der Waals surface area contributed by atoms with Crippen molar-refractivity contribution >= 4 is 15.9 Å². The van der Waals surface area contributed by atoms with Crippen LogP contribution in [-0.4, -0.2) is 0 Å². The van der Waals surface area contributed by atoms with E-state index in [1.807, 2.05) is 44.2 Å². The number of hydrogen-bond acceptors (Lipinski definition) is 2. The van der Waals surface area contributed by atoms with Crippen LogP contribution in [0.4, 0.5) is 0 Å². The highest BCUT2D eigenvalue weighted by Gasteiger charge is 2.27. The Labute approximate surface area is 127 Å². The van der Waals surface area contributed by atoms with Crippen molar-refractivity contribution in [3.63, 3.8) is 0 Å². The van der Waals surface area contributed by atoms with Gasteiger partial charge in [-0.2, -0.15) is 5.26 Å². The van der Waals surface area contributed by atoms with E-state index in [0.717, 1.165) is 38.0 Å². The SMILES string of the molecule is Cc1cc2c(c(C)c1Br)C(C#N)c1ccccc1CO2. The zero-order valence-corrected chi connectivity index (χ0v) is 13.0. The summed E-state index contributed by atoms with van der Waals surface area (Å²) < 4.78 is 7.01. The van der Waals surface area contributed by atoms with E-state index < -0.39 is 0 Å². The third-order valence-corrected chi connectivity index (χ3v) is 5.08. The normalized spacial score (nSPS) is 16.4. The van der Waals surface area contributed by atoms with E-state index in [4.69, 9.17) is 4.74 Å². The molecular formula is C17H14BrNO. The Bertz CT molecular complexity index is 731. The molecule has 0 saturated carbocycles. The summed E-state index contributed by atoms with van der Waals surface area (Å²) in [6.45, 7) is 4.60. The molecule has 0 bridgehead atoms. The van der Waals surface area contributed by atoms with Crippen molar-refractivity contribution in [2.24, 2.45) is 0 Å². The average molecular weight is 328 g/mol. The predicted octanol–water partition coefficient (Wildman–Crippen LogP) is 4.61. The minimum absolute atomic E-state index is 0.277. The Kier molecular flexibility index (Phi) is 3.27. The fourth-order valence-corrected chi connectivity index (χ4v) is 3.14. The molecule has 0 amide bonds. The fraction of sp³-hybridized carbons (Fsp3) is 0.235. The van der Waals surface area contributed by atoms with E-state index in [1.165, 1.54) is 0 Å². The largest absolute Gasteiger partial charge is 0.489 e. The zero-order valence-electron chi connectivity index (χ0n) is 11.4. The van der Waals surface area contributed by atoms with Gasteiger partial charge in [-0.15, -0.1) is 0 Å². The second-order valence-electron chi connectivity index (χ2n) is 5.09. The summed E-state index contributed by atoms with van der Waals surface area (Å²) in [4.78, 5) is 0. The Balaban J connectivity index is 2.31. The lowest BCUT2D eigenvalue weighted by Crippen LogP contribution is -2.03. The predicted molar refractivity (Wildman–Crippen MR) is 81.8 cm³/mol. The van der Waals surface area contributed by atoms with Crippen LogP contribution in [0.15, 0.2) is 34.8 Å². The van der Waals surface area contributed by atoms with Gasteiger partial charge in [0.1, 0.15) is 18.3 Å². The van der Waals surface area contributed by atoms with Crippen molar-refractivity contribution < 1.29 is 4.74 Å². The van der Waals surface area contributed by atoms with Crippen LogP contribution in [0.2, 0.25) is 0 Å². The van der Waals surface area contributed by atoms with E-state index in [1.54, 1.807) is 0 Å². The average Bonchev–Trinajstić information content (AvgIpc) is 2.62. The van der Waals surface area contributed by atoms with E-state index in [9.17, 15) is 5.26 Å². The number of nitriles is 1. The van der Waals surface area contributed by atoms with Gasteiger partial charge in [0.05, 0.1) is 6.07 Å². The summed E-state index contributed by atoms with van der Waals surface area (Å²) in [6.07, 6.45) is 0. The Morgan fingerprint density at radius 1 is 1.30 bits per heavy atom. The van der Waals surface area contributed by atoms with E-state index in [-0.39, 0.29) is 5.92 Å². The Hall–Kier alpha value is -1.79. The van der Waals surface area contributed by atoms with Crippen LogP contribution >= 0.6 is 15.9 Å². The van der Waals surface area contributed by atoms with Crippen molar-refractivity contribution in [3.8, 4) is 11.8 Å². The monoisotopic (exact) mass is 327 g/mol. The lowest BCUT2D eigenvalue weighted by molar-refractivity contribution is 0.306. The number of rotatable bonds is 0. The molecule has 0 N–H and O–H groups in total. The first kappa shape index (κ1) is 13.2. The van der Waals surface area contributed by atoms with Crippen LogP contribution in [0.3, 0.4) is 0 Å². The van der Waals surface area contributed by atoms with Gasteiger partial charge in [0, 0.05) is 10.0 Å². The lowest BCUT2D eigenvalue weighted by Gasteiger charge is -2.17. The molecule has 3 heteroatoms. The van der Waals surface area contributed by atoms with Crippen molar-refractivity contribution in [2.75, 3.05) is 0 Å². The van der Waals surface area contributed by atoms with Crippen molar-refractivity contribution in [1.29, 1.82) is 5.26 Å². The molecule has 1 aliphatic heterocycles. The van der Waals surface area contributed by atoms with Crippen LogP contribution in [0.1, 0.15) is 33.7 Å². The smallest absolute Gasteiger partial charge is 0.125 e. The molecule has 1 unspecified atom stereocenters. The molecule has 2 aromatic rings. The van der Waals surface area contributed by atoms with Gasteiger partial charge in [-0.05, 0) is 42.2 Å². The molecule has 1 atom stereocenters. The number of fused-ring (bicyclic) bond motifs is 2. The molecule has 2 nitrogen and oxygen atoms in total. The molecule has 0 fully saturated rings. The number of nitrogens with zero attached hydrogens (tertiary/aromatic N) is 1. The van der Waals surface area contributed by atoms with Crippen molar-refractivity contribution in [2.45, 2.75) is 26.4 Å². The standard InChI is InChI=1S/C17H14BrNO/c1-10-7-15-16(11(2)17(10)18)14(8-19)13-6-4-3-5-12(13)9-20-15/h3-7,14H,9H2,1-2H3. The topological polar surface area (TPSA) is 33.0 Å². The summed E-state index contributed by atoms with van der Waals surface area (Å²) in [5.74, 6) is 0.548. The first-order valence-electron chi connectivity index (χ1n) is 6.53. The Morgan fingerprint density at radius 3 is 2.80 bits per heavy atom. The highest BCUT2D eigenvalue weighted by atomic mass is 79.9. The first-order chi connectivity index (χ1) is 9.63. The molecule has 0 aromatic heterocycles. The van der Waals surface area contributed by atoms with Crippen LogP contribution in [-0.2, 0) is 6.61 Å². The van der Waals surface area contributed by atoms with Crippen molar-refractivity contribution in [1.82, 2.24) is 0 Å². The molecule has 0 spiro atoms.